The number of aryl methyl sites for hydroxylation is 1. The molecule has 0 radical (unpaired) electrons. The minimum Gasteiger partial charge on any atom is -0.334 e. The molecule has 7 heteroatoms. The van der Waals surface area contributed by atoms with Crippen LogP contribution in [-0.4, -0.2) is 46.2 Å². The average molecular weight is 281 g/mol. The quantitative estimate of drug-likeness (QED) is 0.859. The standard InChI is InChI=1S/C13H13F2N3O2/c1-17-7-16-10-4-8(2-3-11(10)17)12(19)18-5-9(6-18)20-13(14)15/h2-4,7,9,13H,5-6H2,1H3. The first kappa shape index (κ1) is 13.0. The Balaban J connectivity index is 1.71. The minimum atomic E-state index is -2.79. The van der Waals surface area contributed by atoms with Gasteiger partial charge in [0.05, 0.1) is 23.5 Å². The van der Waals surface area contributed by atoms with Gasteiger partial charge in [-0.25, -0.2) is 4.98 Å². The third-order valence-electron chi connectivity index (χ3n) is 3.40. The average Bonchev–Trinajstić information content (AvgIpc) is 2.73. The lowest BCUT2D eigenvalue weighted by Gasteiger charge is -2.38. The molecule has 0 saturated carbocycles. The molecule has 1 aliphatic rings. The monoisotopic (exact) mass is 281 g/mol. The lowest BCUT2D eigenvalue weighted by Crippen LogP contribution is -2.55. The van der Waals surface area contributed by atoms with Crippen molar-refractivity contribution in [2.24, 2.45) is 7.05 Å². The molecule has 2 heterocycles. The lowest BCUT2D eigenvalue weighted by molar-refractivity contribution is -0.189. The molecular formula is C13H13F2N3O2. The molecule has 0 bridgehead atoms. The van der Waals surface area contributed by atoms with E-state index in [9.17, 15) is 13.6 Å². The summed E-state index contributed by atoms with van der Waals surface area (Å²) < 4.78 is 30.2. The Hall–Kier alpha value is -2.02. The van der Waals surface area contributed by atoms with E-state index in [0.717, 1.165) is 11.0 Å². The highest BCUT2D eigenvalue weighted by Gasteiger charge is 2.33. The van der Waals surface area contributed by atoms with Gasteiger partial charge in [0, 0.05) is 25.7 Å². The zero-order valence-electron chi connectivity index (χ0n) is 10.8. The molecule has 1 fully saturated rings. The highest BCUT2D eigenvalue weighted by molar-refractivity contribution is 5.97. The van der Waals surface area contributed by atoms with Crippen molar-refractivity contribution in [3.8, 4) is 0 Å². The number of imidazole rings is 1. The Labute approximate surface area is 113 Å². The minimum absolute atomic E-state index is 0.188. The molecule has 1 aliphatic heterocycles. The number of aromatic nitrogens is 2. The van der Waals surface area contributed by atoms with Crippen molar-refractivity contribution >= 4 is 16.9 Å². The maximum Gasteiger partial charge on any atom is 0.345 e. The van der Waals surface area contributed by atoms with E-state index < -0.39 is 12.7 Å². The van der Waals surface area contributed by atoms with E-state index in [-0.39, 0.29) is 19.0 Å². The zero-order valence-corrected chi connectivity index (χ0v) is 10.8. The van der Waals surface area contributed by atoms with Crippen LogP contribution in [0.25, 0.3) is 11.0 Å². The van der Waals surface area contributed by atoms with Crippen molar-refractivity contribution in [2.75, 3.05) is 13.1 Å². The summed E-state index contributed by atoms with van der Waals surface area (Å²) in [4.78, 5) is 17.8. The van der Waals surface area contributed by atoms with Crippen molar-refractivity contribution in [3.05, 3.63) is 30.1 Å². The number of hydrogen-bond donors (Lipinski definition) is 0. The smallest absolute Gasteiger partial charge is 0.334 e. The summed E-state index contributed by atoms with van der Waals surface area (Å²) in [5.41, 5.74) is 2.18. The third-order valence-corrected chi connectivity index (χ3v) is 3.40. The van der Waals surface area contributed by atoms with Crippen LogP contribution in [0.3, 0.4) is 0 Å². The molecule has 20 heavy (non-hydrogen) atoms. The number of likely N-dealkylation sites (tertiary alicyclic amines) is 1. The fraction of sp³-hybridized carbons (Fsp3) is 0.385. The van der Waals surface area contributed by atoms with Crippen LogP contribution in [-0.2, 0) is 11.8 Å². The molecule has 1 aromatic carbocycles. The molecule has 0 aliphatic carbocycles. The van der Waals surface area contributed by atoms with Gasteiger partial charge in [-0.3, -0.25) is 4.79 Å². The Morgan fingerprint density at radius 1 is 1.45 bits per heavy atom. The van der Waals surface area contributed by atoms with Gasteiger partial charge in [0.25, 0.3) is 5.91 Å². The fourth-order valence-corrected chi connectivity index (χ4v) is 2.29. The second-order valence-electron chi connectivity index (χ2n) is 4.79. The summed E-state index contributed by atoms with van der Waals surface area (Å²) in [6, 6.07) is 5.25. The number of hydrogen-bond acceptors (Lipinski definition) is 3. The van der Waals surface area contributed by atoms with E-state index >= 15 is 0 Å². The number of carbonyl (C=O) groups is 1. The van der Waals surface area contributed by atoms with Gasteiger partial charge in [0.2, 0.25) is 0 Å². The van der Waals surface area contributed by atoms with E-state index in [0.29, 0.717) is 5.56 Å². The molecular weight excluding hydrogens is 268 g/mol. The first-order chi connectivity index (χ1) is 9.54. The largest absolute Gasteiger partial charge is 0.345 e. The van der Waals surface area contributed by atoms with E-state index in [1.54, 1.807) is 18.5 Å². The lowest BCUT2D eigenvalue weighted by atomic mass is 10.1. The van der Waals surface area contributed by atoms with Crippen LogP contribution in [0.4, 0.5) is 8.78 Å². The maximum absolute atomic E-state index is 12.2. The Morgan fingerprint density at radius 3 is 2.90 bits per heavy atom. The van der Waals surface area contributed by atoms with Crippen molar-refractivity contribution in [3.63, 3.8) is 0 Å². The summed E-state index contributed by atoms with van der Waals surface area (Å²) in [5, 5.41) is 0. The van der Waals surface area contributed by atoms with Gasteiger partial charge in [-0.15, -0.1) is 0 Å². The van der Waals surface area contributed by atoms with E-state index in [1.807, 2.05) is 17.7 Å². The van der Waals surface area contributed by atoms with Crippen LogP contribution in [0, 0.1) is 0 Å². The third kappa shape index (κ3) is 2.24. The first-order valence-electron chi connectivity index (χ1n) is 6.18. The van der Waals surface area contributed by atoms with Gasteiger partial charge in [0.1, 0.15) is 0 Å². The maximum atomic E-state index is 12.2. The number of fused-ring (bicyclic) bond motifs is 1. The molecule has 106 valence electrons. The van der Waals surface area contributed by atoms with Gasteiger partial charge in [-0.1, -0.05) is 0 Å². The molecule has 1 aromatic heterocycles. The summed E-state index contributed by atoms with van der Waals surface area (Å²) in [6.07, 6.45) is 1.10. The molecule has 3 rings (SSSR count). The number of carbonyl (C=O) groups excluding carboxylic acids is 1. The van der Waals surface area contributed by atoms with Crippen molar-refractivity contribution in [2.45, 2.75) is 12.7 Å². The van der Waals surface area contributed by atoms with Gasteiger partial charge in [-0.2, -0.15) is 8.78 Å². The van der Waals surface area contributed by atoms with Crippen LogP contribution >= 0.6 is 0 Å². The van der Waals surface area contributed by atoms with Crippen LogP contribution in [0.2, 0.25) is 0 Å². The van der Waals surface area contributed by atoms with Crippen LogP contribution < -0.4 is 0 Å². The molecule has 1 saturated heterocycles. The van der Waals surface area contributed by atoms with E-state index in [4.69, 9.17) is 0 Å². The summed E-state index contributed by atoms with van der Waals surface area (Å²) >= 11 is 0. The van der Waals surface area contributed by atoms with Crippen molar-refractivity contribution in [1.29, 1.82) is 0 Å². The molecule has 0 spiro atoms. The molecule has 0 unspecified atom stereocenters. The number of halogens is 2. The molecule has 0 N–H and O–H groups in total. The van der Waals surface area contributed by atoms with Gasteiger partial charge in [0.15, 0.2) is 0 Å². The highest BCUT2D eigenvalue weighted by atomic mass is 19.3. The number of ether oxygens (including phenoxy) is 1. The van der Waals surface area contributed by atoms with Gasteiger partial charge in [-0.05, 0) is 18.2 Å². The van der Waals surface area contributed by atoms with Crippen molar-refractivity contribution < 1.29 is 18.3 Å². The predicted octanol–water partition coefficient (Wildman–Crippen LogP) is 1.64. The topological polar surface area (TPSA) is 47.4 Å². The Bertz CT molecular complexity index is 650. The van der Waals surface area contributed by atoms with Crippen LogP contribution in [0.5, 0.6) is 0 Å². The van der Waals surface area contributed by atoms with E-state index in [1.165, 1.54) is 4.90 Å². The molecule has 5 nitrogen and oxygen atoms in total. The number of amides is 1. The van der Waals surface area contributed by atoms with Crippen LogP contribution in [0.15, 0.2) is 24.5 Å². The summed E-state index contributed by atoms with van der Waals surface area (Å²) in [7, 11) is 1.87. The molecule has 1 amide bonds. The van der Waals surface area contributed by atoms with Crippen molar-refractivity contribution in [1.82, 2.24) is 14.5 Å². The van der Waals surface area contributed by atoms with Gasteiger partial charge < -0.3 is 14.2 Å². The van der Waals surface area contributed by atoms with E-state index in [2.05, 4.69) is 9.72 Å². The Kier molecular flexibility index (Phi) is 3.13. The van der Waals surface area contributed by atoms with Gasteiger partial charge >= 0.3 is 6.61 Å². The summed E-state index contributed by atoms with van der Waals surface area (Å²) in [5.74, 6) is -0.188. The Morgan fingerprint density at radius 2 is 2.20 bits per heavy atom. The molecule has 2 aromatic rings. The SMILES string of the molecule is Cn1cnc2cc(C(=O)N3CC(OC(F)F)C3)ccc21. The second kappa shape index (κ2) is 4.82. The van der Waals surface area contributed by atoms with Crippen LogP contribution in [0.1, 0.15) is 10.4 Å². The highest BCUT2D eigenvalue weighted by Crippen LogP contribution is 2.20. The normalized spacial score (nSPS) is 15.9. The predicted molar refractivity (Wildman–Crippen MR) is 67.5 cm³/mol. The summed E-state index contributed by atoms with van der Waals surface area (Å²) in [6.45, 7) is -2.39. The number of alkyl halides is 2. The number of rotatable bonds is 3. The number of benzene rings is 1. The second-order valence-corrected chi connectivity index (χ2v) is 4.79. The number of nitrogens with zero attached hydrogens (tertiary/aromatic N) is 3. The molecule has 0 atom stereocenters. The fourth-order valence-electron chi connectivity index (χ4n) is 2.29. The first-order valence-corrected chi connectivity index (χ1v) is 6.18. The zero-order chi connectivity index (χ0) is 14.3.